The van der Waals surface area contributed by atoms with Crippen molar-refractivity contribution in [2.75, 3.05) is 7.11 Å². The Labute approximate surface area is 135 Å². The first-order chi connectivity index (χ1) is 11.2. The summed E-state index contributed by atoms with van der Waals surface area (Å²) in [4.78, 5) is 0. The second-order valence-electron chi connectivity index (χ2n) is 5.36. The first-order valence-corrected chi connectivity index (χ1v) is 7.45. The minimum absolute atomic E-state index is 0.152. The molecule has 1 aromatic heterocycles. The first-order valence-electron chi connectivity index (χ1n) is 7.45. The lowest BCUT2D eigenvalue weighted by molar-refractivity contribution is 0.277. The average molecular weight is 309 g/mol. The minimum atomic E-state index is -0.152. The Morgan fingerprint density at radius 1 is 1.13 bits per heavy atom. The van der Waals surface area contributed by atoms with Crippen LogP contribution in [0.2, 0.25) is 0 Å². The molecule has 1 N–H and O–H groups in total. The Morgan fingerprint density at radius 3 is 2.70 bits per heavy atom. The molecule has 0 fully saturated rings. The highest BCUT2D eigenvalue weighted by Gasteiger charge is 2.15. The third-order valence-electron chi connectivity index (χ3n) is 3.88. The fourth-order valence-electron chi connectivity index (χ4n) is 2.60. The van der Waals surface area contributed by atoms with Gasteiger partial charge < -0.3 is 9.84 Å². The molecule has 5 nitrogen and oxygen atoms in total. The molecule has 0 bridgehead atoms. The van der Waals surface area contributed by atoms with E-state index < -0.39 is 0 Å². The van der Waals surface area contributed by atoms with Crippen molar-refractivity contribution < 1.29 is 9.84 Å². The first kappa shape index (κ1) is 15.2. The zero-order valence-corrected chi connectivity index (χ0v) is 13.2. The van der Waals surface area contributed by atoms with Crippen molar-refractivity contribution in [1.29, 1.82) is 0 Å². The van der Waals surface area contributed by atoms with Crippen molar-refractivity contribution in [3.63, 3.8) is 0 Å². The van der Waals surface area contributed by atoms with Crippen LogP contribution in [-0.4, -0.2) is 27.2 Å². The van der Waals surface area contributed by atoms with E-state index >= 15 is 0 Å². The third-order valence-corrected chi connectivity index (χ3v) is 3.88. The summed E-state index contributed by atoms with van der Waals surface area (Å²) in [5.74, 6) is 0.759. The maximum Gasteiger partial charge on any atom is 0.119 e. The quantitative estimate of drug-likeness (QED) is 0.787. The molecule has 5 heteroatoms. The topological polar surface area (TPSA) is 60.2 Å². The fraction of sp³-hybridized carbons (Fsp3) is 0.222. The maximum absolute atomic E-state index is 9.59. The number of nitrogens with zero attached hydrogens (tertiary/aromatic N) is 3. The van der Waals surface area contributed by atoms with Crippen molar-refractivity contribution in [3.05, 3.63) is 65.4 Å². The van der Waals surface area contributed by atoms with Crippen molar-refractivity contribution >= 4 is 0 Å². The van der Waals surface area contributed by atoms with E-state index in [0.29, 0.717) is 12.2 Å². The van der Waals surface area contributed by atoms with Crippen LogP contribution in [0.4, 0.5) is 0 Å². The van der Waals surface area contributed by atoms with Crippen molar-refractivity contribution in [1.82, 2.24) is 15.0 Å². The molecule has 0 saturated carbocycles. The van der Waals surface area contributed by atoms with Crippen LogP contribution >= 0.6 is 0 Å². The number of hydrogen-bond donors (Lipinski definition) is 1. The van der Waals surface area contributed by atoms with Gasteiger partial charge in [-0.2, -0.15) is 0 Å². The zero-order chi connectivity index (χ0) is 16.2. The van der Waals surface area contributed by atoms with Gasteiger partial charge in [0.1, 0.15) is 11.4 Å². The number of aryl methyl sites for hydroxylation is 1. The SMILES string of the molecule is COc1cccc(-c2c(CO)nnn2Cc2ccccc2C)c1. The number of aliphatic hydroxyl groups excluding tert-OH is 1. The van der Waals surface area contributed by atoms with Crippen molar-refractivity contribution in [3.8, 4) is 17.0 Å². The van der Waals surface area contributed by atoms with E-state index in [0.717, 1.165) is 17.0 Å². The van der Waals surface area contributed by atoms with E-state index in [4.69, 9.17) is 4.74 Å². The fourth-order valence-corrected chi connectivity index (χ4v) is 2.60. The van der Waals surface area contributed by atoms with Crippen LogP contribution in [0.3, 0.4) is 0 Å². The summed E-state index contributed by atoms with van der Waals surface area (Å²) in [7, 11) is 1.63. The molecular weight excluding hydrogens is 290 g/mol. The molecule has 0 aliphatic carbocycles. The largest absolute Gasteiger partial charge is 0.497 e. The Balaban J connectivity index is 2.05. The highest BCUT2D eigenvalue weighted by Crippen LogP contribution is 2.27. The second-order valence-corrected chi connectivity index (χ2v) is 5.36. The monoisotopic (exact) mass is 309 g/mol. The number of rotatable bonds is 5. The molecule has 3 aromatic rings. The lowest BCUT2D eigenvalue weighted by atomic mass is 10.1. The smallest absolute Gasteiger partial charge is 0.119 e. The molecule has 2 aromatic carbocycles. The molecular formula is C18H19N3O2. The summed E-state index contributed by atoms with van der Waals surface area (Å²) in [5, 5.41) is 17.9. The predicted octanol–water partition coefficient (Wildman–Crippen LogP) is 2.80. The van der Waals surface area contributed by atoms with Crippen LogP contribution in [0, 0.1) is 6.92 Å². The summed E-state index contributed by atoms with van der Waals surface area (Å²) in [5.41, 5.74) is 4.67. The number of hydrogen-bond acceptors (Lipinski definition) is 4. The van der Waals surface area contributed by atoms with Crippen LogP contribution in [-0.2, 0) is 13.2 Å². The van der Waals surface area contributed by atoms with Gasteiger partial charge in [-0.3, -0.25) is 0 Å². The van der Waals surface area contributed by atoms with E-state index in [1.54, 1.807) is 7.11 Å². The van der Waals surface area contributed by atoms with E-state index in [1.807, 2.05) is 41.1 Å². The van der Waals surface area contributed by atoms with Gasteiger partial charge in [0.25, 0.3) is 0 Å². The Morgan fingerprint density at radius 2 is 1.96 bits per heavy atom. The number of benzene rings is 2. The molecule has 0 saturated heterocycles. The van der Waals surface area contributed by atoms with Crippen LogP contribution in [0.15, 0.2) is 48.5 Å². The summed E-state index contributed by atoms with van der Waals surface area (Å²) in [6.07, 6.45) is 0. The summed E-state index contributed by atoms with van der Waals surface area (Å²) < 4.78 is 7.11. The number of methoxy groups -OCH3 is 1. The minimum Gasteiger partial charge on any atom is -0.497 e. The lowest BCUT2D eigenvalue weighted by Crippen LogP contribution is -2.06. The highest BCUT2D eigenvalue weighted by molar-refractivity contribution is 5.63. The highest BCUT2D eigenvalue weighted by atomic mass is 16.5. The molecule has 3 rings (SSSR count). The van der Waals surface area contributed by atoms with Gasteiger partial charge in [-0.1, -0.05) is 41.6 Å². The van der Waals surface area contributed by atoms with Crippen molar-refractivity contribution in [2.24, 2.45) is 0 Å². The number of ether oxygens (including phenoxy) is 1. The van der Waals surface area contributed by atoms with Crippen LogP contribution in [0.5, 0.6) is 5.75 Å². The van der Waals surface area contributed by atoms with Crippen molar-refractivity contribution in [2.45, 2.75) is 20.1 Å². The molecule has 1 heterocycles. The molecule has 118 valence electrons. The van der Waals surface area contributed by atoms with E-state index in [2.05, 4.69) is 29.4 Å². The summed E-state index contributed by atoms with van der Waals surface area (Å²) >= 11 is 0. The zero-order valence-electron chi connectivity index (χ0n) is 13.2. The molecule has 0 unspecified atom stereocenters. The van der Waals surface area contributed by atoms with Gasteiger partial charge in [-0.05, 0) is 30.2 Å². The standard InChI is InChI=1S/C18H19N3O2/c1-13-6-3-4-7-15(13)11-21-18(17(12-22)19-20-21)14-8-5-9-16(10-14)23-2/h3-10,22H,11-12H2,1-2H3. The molecule has 0 spiro atoms. The molecule has 0 aliphatic heterocycles. The van der Waals surface area contributed by atoms with Gasteiger partial charge in [-0.15, -0.1) is 5.10 Å². The second kappa shape index (κ2) is 6.62. The van der Waals surface area contributed by atoms with E-state index in [-0.39, 0.29) is 6.61 Å². The number of aliphatic hydroxyl groups is 1. The molecule has 0 aliphatic rings. The average Bonchev–Trinajstić information content (AvgIpc) is 2.99. The molecule has 0 atom stereocenters. The predicted molar refractivity (Wildman–Crippen MR) is 88.2 cm³/mol. The van der Waals surface area contributed by atoms with Crippen LogP contribution < -0.4 is 4.74 Å². The third kappa shape index (κ3) is 3.10. The Kier molecular flexibility index (Phi) is 4.39. The van der Waals surface area contributed by atoms with Gasteiger partial charge in [0.15, 0.2) is 0 Å². The van der Waals surface area contributed by atoms with Gasteiger partial charge >= 0.3 is 0 Å². The van der Waals surface area contributed by atoms with Gasteiger partial charge in [0, 0.05) is 5.56 Å². The van der Waals surface area contributed by atoms with Gasteiger partial charge in [-0.25, -0.2) is 4.68 Å². The Hall–Kier alpha value is -2.66. The molecule has 0 amide bonds. The normalized spacial score (nSPS) is 10.7. The number of aromatic nitrogens is 3. The molecule has 23 heavy (non-hydrogen) atoms. The summed E-state index contributed by atoms with van der Waals surface area (Å²) in [6, 6.07) is 15.9. The maximum atomic E-state index is 9.59. The van der Waals surface area contributed by atoms with Gasteiger partial charge in [0.2, 0.25) is 0 Å². The van der Waals surface area contributed by atoms with Gasteiger partial charge in [0.05, 0.1) is 26.0 Å². The summed E-state index contributed by atoms with van der Waals surface area (Å²) in [6.45, 7) is 2.52. The lowest BCUT2D eigenvalue weighted by Gasteiger charge is -2.11. The van der Waals surface area contributed by atoms with E-state index in [9.17, 15) is 5.11 Å². The van der Waals surface area contributed by atoms with E-state index in [1.165, 1.54) is 11.1 Å². The molecule has 0 radical (unpaired) electrons. The van der Waals surface area contributed by atoms with Crippen LogP contribution in [0.1, 0.15) is 16.8 Å². The Bertz CT molecular complexity index is 812. The van der Waals surface area contributed by atoms with Crippen LogP contribution in [0.25, 0.3) is 11.3 Å².